The molecule has 0 spiro atoms. The summed E-state index contributed by atoms with van der Waals surface area (Å²) in [6.45, 7) is 3.08. The number of nitrogens with one attached hydrogen (secondary N) is 1. The number of rotatable bonds is 7. The molecule has 3 aromatic carbocycles. The Balaban J connectivity index is 1.33. The smallest absolute Gasteiger partial charge is 0.308 e. The molecule has 10 heteroatoms. The number of benzene rings is 3. The van der Waals surface area contributed by atoms with Crippen molar-refractivity contribution in [3.63, 3.8) is 0 Å². The maximum Gasteiger partial charge on any atom is 0.308 e. The van der Waals surface area contributed by atoms with Crippen LogP contribution in [-0.2, 0) is 42.0 Å². The minimum atomic E-state index is -3.99. The number of amides is 2. The first-order valence-electron chi connectivity index (χ1n) is 13.2. The van der Waals surface area contributed by atoms with Crippen LogP contribution in [0.2, 0.25) is 0 Å². The molecule has 2 atom stereocenters. The monoisotopic (exact) mass is 561 g/mol. The molecule has 2 unspecified atom stereocenters. The van der Waals surface area contributed by atoms with Crippen LogP contribution in [-0.4, -0.2) is 49.7 Å². The fraction of sp³-hybridized carbons (Fsp3) is 0.300. The predicted molar refractivity (Wildman–Crippen MR) is 150 cm³/mol. The molecule has 40 heavy (non-hydrogen) atoms. The van der Waals surface area contributed by atoms with Crippen molar-refractivity contribution in [1.82, 2.24) is 4.31 Å². The summed E-state index contributed by atoms with van der Waals surface area (Å²) >= 11 is 0. The van der Waals surface area contributed by atoms with Crippen LogP contribution < -0.4 is 10.2 Å². The van der Waals surface area contributed by atoms with Gasteiger partial charge in [-0.15, -0.1) is 0 Å². The number of ether oxygens (including phenoxy) is 1. The van der Waals surface area contributed by atoms with E-state index >= 15 is 0 Å². The van der Waals surface area contributed by atoms with Crippen LogP contribution in [0.15, 0.2) is 77.7 Å². The highest BCUT2D eigenvalue weighted by Gasteiger charge is 2.38. The Bertz CT molecular complexity index is 1550. The number of carbonyl (C=O) groups excluding carboxylic acids is 3. The fourth-order valence-electron chi connectivity index (χ4n) is 5.55. The van der Waals surface area contributed by atoms with E-state index in [9.17, 15) is 22.8 Å². The first kappa shape index (κ1) is 27.5. The van der Waals surface area contributed by atoms with Gasteiger partial charge in [0.15, 0.2) is 6.61 Å². The van der Waals surface area contributed by atoms with Crippen LogP contribution in [0.1, 0.15) is 43.0 Å². The molecular formula is C30H31N3O6S. The fourth-order valence-corrected chi connectivity index (χ4v) is 7.16. The standard InChI is InChI=1S/C30H31N3O6S/c1-20-17-23-8-4-6-10-27(23)33(20)29(35)19-39-30(36)18-28-26-9-5-3-7-22(26)15-16-32(28)40(37,38)25-13-11-24(12-14-25)31-21(2)34/h3-14,20,28H,15-19H2,1-2H3,(H,31,34). The highest BCUT2D eigenvalue weighted by atomic mass is 32.2. The molecular weight excluding hydrogens is 530 g/mol. The van der Waals surface area contributed by atoms with E-state index in [0.29, 0.717) is 12.1 Å². The number of carbonyl (C=O) groups is 3. The molecule has 0 aromatic heterocycles. The van der Waals surface area contributed by atoms with Crippen molar-refractivity contribution in [2.24, 2.45) is 0 Å². The molecule has 0 fully saturated rings. The normalized spacial score (nSPS) is 18.5. The molecule has 3 aromatic rings. The lowest BCUT2D eigenvalue weighted by molar-refractivity contribution is -0.148. The highest BCUT2D eigenvalue weighted by molar-refractivity contribution is 7.89. The maximum atomic E-state index is 13.7. The molecule has 0 saturated heterocycles. The van der Waals surface area contributed by atoms with Crippen LogP contribution in [0, 0.1) is 0 Å². The molecule has 2 aliphatic rings. The minimum absolute atomic E-state index is 0.0495. The summed E-state index contributed by atoms with van der Waals surface area (Å²) in [6, 6.07) is 20.2. The minimum Gasteiger partial charge on any atom is -0.455 e. The maximum absolute atomic E-state index is 13.7. The zero-order valence-electron chi connectivity index (χ0n) is 22.4. The lowest BCUT2D eigenvalue weighted by Crippen LogP contribution is -2.42. The van der Waals surface area contributed by atoms with Gasteiger partial charge in [0.2, 0.25) is 15.9 Å². The summed E-state index contributed by atoms with van der Waals surface area (Å²) < 4.78 is 34.2. The lowest BCUT2D eigenvalue weighted by atomic mass is 9.92. The van der Waals surface area contributed by atoms with Crippen LogP contribution >= 0.6 is 0 Å². The van der Waals surface area contributed by atoms with Crippen molar-refractivity contribution in [2.45, 2.75) is 50.1 Å². The summed E-state index contributed by atoms with van der Waals surface area (Å²) in [7, 11) is -3.99. The Morgan fingerprint density at radius 2 is 1.62 bits per heavy atom. The molecule has 0 bridgehead atoms. The van der Waals surface area contributed by atoms with Crippen molar-refractivity contribution < 1.29 is 27.5 Å². The van der Waals surface area contributed by atoms with Gasteiger partial charge < -0.3 is 15.0 Å². The van der Waals surface area contributed by atoms with Gasteiger partial charge in [-0.05, 0) is 66.8 Å². The largest absolute Gasteiger partial charge is 0.455 e. The number of hydrogen-bond donors (Lipinski definition) is 1. The Kier molecular flexibility index (Phi) is 7.73. The average Bonchev–Trinajstić information content (AvgIpc) is 3.27. The summed E-state index contributed by atoms with van der Waals surface area (Å²) in [5, 5.41) is 2.62. The van der Waals surface area contributed by atoms with Gasteiger partial charge in [-0.1, -0.05) is 42.5 Å². The van der Waals surface area contributed by atoms with Gasteiger partial charge in [0.25, 0.3) is 5.91 Å². The van der Waals surface area contributed by atoms with Gasteiger partial charge in [0.05, 0.1) is 17.4 Å². The SMILES string of the molecule is CC(=O)Nc1ccc(S(=O)(=O)N2CCc3ccccc3C2CC(=O)OCC(=O)N2c3ccccc3CC2C)cc1. The summed E-state index contributed by atoms with van der Waals surface area (Å²) in [5.41, 5.74) is 4.07. The van der Waals surface area contributed by atoms with Crippen molar-refractivity contribution in [1.29, 1.82) is 0 Å². The second-order valence-corrected chi connectivity index (χ2v) is 12.0. The molecule has 208 valence electrons. The van der Waals surface area contributed by atoms with Crippen LogP contribution in [0.3, 0.4) is 0 Å². The van der Waals surface area contributed by atoms with Gasteiger partial charge in [0.1, 0.15) is 0 Å². The number of nitrogens with zero attached hydrogens (tertiary/aromatic N) is 2. The van der Waals surface area contributed by atoms with Gasteiger partial charge >= 0.3 is 5.97 Å². The van der Waals surface area contributed by atoms with Gasteiger partial charge in [0, 0.05) is 30.9 Å². The quantitative estimate of drug-likeness (QED) is 0.439. The number of esters is 1. The van der Waals surface area contributed by atoms with Gasteiger partial charge in [-0.25, -0.2) is 8.42 Å². The van der Waals surface area contributed by atoms with E-state index in [0.717, 1.165) is 28.8 Å². The van der Waals surface area contributed by atoms with E-state index in [1.807, 2.05) is 55.5 Å². The Morgan fingerprint density at radius 3 is 2.35 bits per heavy atom. The highest BCUT2D eigenvalue weighted by Crippen LogP contribution is 2.37. The molecule has 0 aliphatic carbocycles. The first-order chi connectivity index (χ1) is 19.1. The molecule has 5 rings (SSSR count). The van der Waals surface area contributed by atoms with Crippen LogP contribution in [0.25, 0.3) is 0 Å². The summed E-state index contributed by atoms with van der Waals surface area (Å²) in [5.74, 6) is -1.24. The zero-order chi connectivity index (χ0) is 28.4. The van der Waals surface area contributed by atoms with Crippen LogP contribution in [0.5, 0.6) is 0 Å². The predicted octanol–water partition coefficient (Wildman–Crippen LogP) is 3.84. The Morgan fingerprint density at radius 1 is 0.950 bits per heavy atom. The number of fused-ring (bicyclic) bond motifs is 2. The second-order valence-electron chi connectivity index (χ2n) is 10.1. The third kappa shape index (κ3) is 5.50. The van der Waals surface area contributed by atoms with E-state index in [4.69, 9.17) is 4.74 Å². The van der Waals surface area contributed by atoms with E-state index in [2.05, 4.69) is 5.32 Å². The molecule has 1 N–H and O–H groups in total. The van der Waals surface area contributed by atoms with E-state index in [1.165, 1.54) is 35.5 Å². The van der Waals surface area contributed by atoms with Crippen molar-refractivity contribution in [3.8, 4) is 0 Å². The Labute approximate surface area is 233 Å². The third-order valence-corrected chi connectivity index (χ3v) is 9.26. The number of hydrogen-bond acceptors (Lipinski definition) is 6. The van der Waals surface area contributed by atoms with E-state index in [-0.39, 0.29) is 35.7 Å². The zero-order valence-corrected chi connectivity index (χ0v) is 23.2. The second kappa shape index (κ2) is 11.2. The summed E-state index contributed by atoms with van der Waals surface area (Å²) in [6.07, 6.45) is 0.989. The molecule has 0 radical (unpaired) electrons. The number of para-hydroxylation sites is 1. The Hall–Kier alpha value is -4.02. The van der Waals surface area contributed by atoms with E-state index < -0.39 is 28.6 Å². The first-order valence-corrected chi connectivity index (χ1v) is 14.6. The average molecular weight is 562 g/mol. The molecule has 2 aliphatic heterocycles. The molecule has 2 amide bonds. The topological polar surface area (TPSA) is 113 Å². The van der Waals surface area contributed by atoms with E-state index in [1.54, 1.807) is 4.90 Å². The summed E-state index contributed by atoms with van der Waals surface area (Å²) in [4.78, 5) is 39.1. The molecule has 2 heterocycles. The van der Waals surface area contributed by atoms with Gasteiger partial charge in [-0.3, -0.25) is 14.4 Å². The van der Waals surface area contributed by atoms with Crippen molar-refractivity contribution in [3.05, 3.63) is 89.5 Å². The van der Waals surface area contributed by atoms with Crippen molar-refractivity contribution >= 4 is 39.2 Å². The molecule has 0 saturated carbocycles. The lowest BCUT2D eigenvalue weighted by Gasteiger charge is -2.36. The molecule has 9 nitrogen and oxygen atoms in total. The van der Waals surface area contributed by atoms with Gasteiger partial charge in [-0.2, -0.15) is 4.31 Å². The van der Waals surface area contributed by atoms with Crippen LogP contribution in [0.4, 0.5) is 11.4 Å². The van der Waals surface area contributed by atoms with Crippen molar-refractivity contribution in [2.75, 3.05) is 23.4 Å². The number of sulfonamides is 1. The number of anilines is 2. The third-order valence-electron chi connectivity index (χ3n) is 7.34.